The highest BCUT2D eigenvalue weighted by atomic mass is 32.2. The van der Waals surface area contributed by atoms with Gasteiger partial charge in [-0.2, -0.15) is 0 Å². The van der Waals surface area contributed by atoms with Crippen molar-refractivity contribution in [2.24, 2.45) is 0 Å². The van der Waals surface area contributed by atoms with Crippen molar-refractivity contribution in [2.75, 3.05) is 12.8 Å². The maximum Gasteiger partial charge on any atom is 0.329 e. The van der Waals surface area contributed by atoms with Gasteiger partial charge >= 0.3 is 12.0 Å². The van der Waals surface area contributed by atoms with E-state index in [9.17, 15) is 18.9 Å². The van der Waals surface area contributed by atoms with E-state index in [-0.39, 0.29) is 5.25 Å². The van der Waals surface area contributed by atoms with Crippen molar-refractivity contribution in [2.45, 2.75) is 50.8 Å². The predicted molar refractivity (Wildman–Crippen MR) is 75.6 cm³/mol. The maximum absolute atomic E-state index is 11.7. The molecule has 112 valence electrons. The standard InChI is InChI=1S/C12H24N2O4S/c1-5-12(6-2,10(15)16)14-11(17)13-8-7-9(3)19(4)18/h9H,5-8H2,1-4H3,(H,15,16)(H2,13,14,17). The molecule has 0 bridgehead atoms. The molecule has 2 unspecified atom stereocenters. The Balaban J connectivity index is 4.30. The molecule has 0 heterocycles. The van der Waals surface area contributed by atoms with Gasteiger partial charge in [0.25, 0.3) is 0 Å². The fraction of sp³-hybridized carbons (Fsp3) is 0.833. The lowest BCUT2D eigenvalue weighted by Crippen LogP contribution is -2.56. The van der Waals surface area contributed by atoms with Crippen LogP contribution in [0.3, 0.4) is 0 Å². The molecule has 0 aliphatic heterocycles. The van der Waals surface area contributed by atoms with Gasteiger partial charge in [-0.3, -0.25) is 4.21 Å². The van der Waals surface area contributed by atoms with Crippen LogP contribution in [0.4, 0.5) is 4.79 Å². The number of carbonyl (C=O) groups excluding carboxylic acids is 1. The minimum absolute atomic E-state index is 0.00174. The minimum atomic E-state index is -1.22. The first-order chi connectivity index (χ1) is 8.79. The molecule has 0 radical (unpaired) electrons. The summed E-state index contributed by atoms with van der Waals surface area (Å²) >= 11 is 0. The molecule has 0 aromatic rings. The summed E-state index contributed by atoms with van der Waals surface area (Å²) in [7, 11) is -0.920. The summed E-state index contributed by atoms with van der Waals surface area (Å²) in [6, 6.07) is -0.500. The van der Waals surface area contributed by atoms with Crippen molar-refractivity contribution in [3.63, 3.8) is 0 Å². The van der Waals surface area contributed by atoms with Crippen LogP contribution in [0.5, 0.6) is 0 Å². The molecular formula is C12H24N2O4S. The molecule has 0 aromatic carbocycles. The van der Waals surface area contributed by atoms with E-state index in [0.29, 0.717) is 25.8 Å². The van der Waals surface area contributed by atoms with Gasteiger partial charge in [-0.15, -0.1) is 0 Å². The first-order valence-electron chi connectivity index (χ1n) is 6.40. The lowest BCUT2D eigenvalue weighted by Gasteiger charge is -2.28. The van der Waals surface area contributed by atoms with Gasteiger partial charge in [0.15, 0.2) is 0 Å². The average Bonchev–Trinajstić information content (AvgIpc) is 2.35. The quantitative estimate of drug-likeness (QED) is 0.624. The number of nitrogens with one attached hydrogen (secondary N) is 2. The van der Waals surface area contributed by atoms with E-state index < -0.39 is 28.3 Å². The molecule has 0 aliphatic rings. The van der Waals surface area contributed by atoms with Gasteiger partial charge in [-0.1, -0.05) is 20.8 Å². The maximum atomic E-state index is 11.7. The number of carboxylic acids is 1. The third-order valence-corrected chi connectivity index (χ3v) is 4.74. The summed E-state index contributed by atoms with van der Waals surface area (Å²) in [6.45, 7) is 5.66. The Morgan fingerprint density at radius 2 is 1.84 bits per heavy atom. The molecule has 0 spiro atoms. The van der Waals surface area contributed by atoms with Crippen LogP contribution in [0.15, 0.2) is 0 Å². The van der Waals surface area contributed by atoms with Crippen molar-refractivity contribution >= 4 is 22.8 Å². The number of hydrogen-bond acceptors (Lipinski definition) is 3. The summed E-state index contributed by atoms with van der Waals surface area (Å²) < 4.78 is 11.1. The largest absolute Gasteiger partial charge is 0.480 e. The van der Waals surface area contributed by atoms with Crippen molar-refractivity contribution < 1.29 is 18.9 Å². The molecule has 0 aromatic heterocycles. The Morgan fingerprint density at radius 3 is 2.21 bits per heavy atom. The highest BCUT2D eigenvalue weighted by molar-refractivity contribution is 7.84. The van der Waals surface area contributed by atoms with Crippen LogP contribution in [0.25, 0.3) is 0 Å². The fourth-order valence-corrected chi connectivity index (χ4v) is 2.05. The van der Waals surface area contributed by atoms with E-state index in [4.69, 9.17) is 0 Å². The van der Waals surface area contributed by atoms with Crippen LogP contribution in [0, 0.1) is 0 Å². The van der Waals surface area contributed by atoms with Gasteiger partial charge in [0.05, 0.1) is 0 Å². The number of hydrogen-bond donors (Lipinski definition) is 3. The number of rotatable bonds is 8. The summed E-state index contributed by atoms with van der Waals surface area (Å²) in [5.41, 5.74) is -1.22. The number of amides is 2. The zero-order valence-electron chi connectivity index (χ0n) is 12.0. The third-order valence-electron chi connectivity index (χ3n) is 3.37. The monoisotopic (exact) mass is 292 g/mol. The molecule has 2 amide bonds. The van der Waals surface area contributed by atoms with E-state index in [1.165, 1.54) is 0 Å². The molecule has 0 saturated carbocycles. The molecule has 19 heavy (non-hydrogen) atoms. The fourth-order valence-electron chi connectivity index (χ4n) is 1.60. The Kier molecular flexibility index (Phi) is 7.66. The molecule has 2 atom stereocenters. The highest BCUT2D eigenvalue weighted by Gasteiger charge is 2.36. The first kappa shape index (κ1) is 17.9. The van der Waals surface area contributed by atoms with Gasteiger partial charge < -0.3 is 15.7 Å². The van der Waals surface area contributed by atoms with Crippen molar-refractivity contribution in [3.8, 4) is 0 Å². The molecule has 0 aliphatic carbocycles. The molecular weight excluding hydrogens is 268 g/mol. The second-order valence-electron chi connectivity index (χ2n) is 4.57. The average molecular weight is 292 g/mol. The van der Waals surface area contributed by atoms with Crippen LogP contribution in [0.2, 0.25) is 0 Å². The SMILES string of the molecule is CCC(CC)(NC(=O)NCCC(C)S(C)=O)C(=O)O. The molecule has 0 saturated heterocycles. The highest BCUT2D eigenvalue weighted by Crippen LogP contribution is 2.15. The summed E-state index contributed by atoms with van der Waals surface area (Å²) in [6.07, 6.45) is 2.85. The van der Waals surface area contributed by atoms with E-state index in [1.54, 1.807) is 20.1 Å². The van der Waals surface area contributed by atoms with Gasteiger partial charge in [0, 0.05) is 28.9 Å². The van der Waals surface area contributed by atoms with E-state index in [2.05, 4.69) is 10.6 Å². The first-order valence-corrected chi connectivity index (χ1v) is 8.02. The lowest BCUT2D eigenvalue weighted by atomic mass is 9.93. The van der Waals surface area contributed by atoms with E-state index in [1.807, 2.05) is 6.92 Å². The molecule has 6 nitrogen and oxygen atoms in total. The molecule has 0 rings (SSSR count). The van der Waals surface area contributed by atoms with E-state index >= 15 is 0 Å². The van der Waals surface area contributed by atoms with Crippen LogP contribution in [-0.2, 0) is 15.6 Å². The van der Waals surface area contributed by atoms with Crippen molar-refractivity contribution in [1.82, 2.24) is 10.6 Å². The van der Waals surface area contributed by atoms with Crippen LogP contribution >= 0.6 is 0 Å². The van der Waals surface area contributed by atoms with Crippen LogP contribution in [0.1, 0.15) is 40.0 Å². The number of urea groups is 1. The zero-order valence-corrected chi connectivity index (χ0v) is 12.8. The minimum Gasteiger partial charge on any atom is -0.480 e. The normalized spacial score (nSPS) is 14.5. The third kappa shape index (κ3) is 5.59. The summed E-state index contributed by atoms with van der Waals surface area (Å²) in [5.74, 6) is -1.03. The lowest BCUT2D eigenvalue weighted by molar-refractivity contribution is -0.144. The van der Waals surface area contributed by atoms with Crippen LogP contribution in [-0.4, -0.2) is 44.9 Å². The van der Waals surface area contributed by atoms with E-state index in [0.717, 1.165) is 0 Å². The Morgan fingerprint density at radius 1 is 1.32 bits per heavy atom. The molecule has 3 N–H and O–H groups in total. The summed E-state index contributed by atoms with van der Waals surface area (Å²) in [5, 5.41) is 14.3. The van der Waals surface area contributed by atoms with Gasteiger partial charge in [-0.25, -0.2) is 9.59 Å². The Bertz CT molecular complexity index is 343. The predicted octanol–water partition coefficient (Wildman–Crippen LogP) is 1.09. The number of aliphatic carboxylic acids is 1. The zero-order chi connectivity index (χ0) is 15.1. The van der Waals surface area contributed by atoms with Crippen molar-refractivity contribution in [3.05, 3.63) is 0 Å². The number of carbonyl (C=O) groups is 2. The second kappa shape index (κ2) is 8.14. The topological polar surface area (TPSA) is 95.5 Å². The molecule has 7 heteroatoms. The number of carboxylic acid groups (broad SMARTS) is 1. The van der Waals surface area contributed by atoms with Gasteiger partial charge in [0.2, 0.25) is 0 Å². The Hall–Kier alpha value is -1.11. The second-order valence-corrected chi connectivity index (χ2v) is 6.38. The Labute approximate surface area is 116 Å². The van der Waals surface area contributed by atoms with Crippen molar-refractivity contribution in [1.29, 1.82) is 0 Å². The van der Waals surface area contributed by atoms with Gasteiger partial charge in [0.1, 0.15) is 5.54 Å². The summed E-state index contributed by atoms with van der Waals surface area (Å²) in [4.78, 5) is 22.9. The smallest absolute Gasteiger partial charge is 0.329 e. The molecule has 0 fully saturated rings. The van der Waals surface area contributed by atoms with Crippen LogP contribution < -0.4 is 10.6 Å². The van der Waals surface area contributed by atoms with Gasteiger partial charge in [-0.05, 0) is 19.3 Å².